The fourth-order valence-corrected chi connectivity index (χ4v) is 6.11. The second-order valence-electron chi connectivity index (χ2n) is 12.6. The lowest BCUT2D eigenvalue weighted by atomic mass is 9.72. The highest BCUT2D eigenvalue weighted by atomic mass is 19.4. The van der Waals surface area contributed by atoms with Crippen molar-refractivity contribution >= 4 is 17.4 Å². The maximum absolute atomic E-state index is 15.0. The van der Waals surface area contributed by atoms with E-state index in [0.29, 0.717) is 43.4 Å². The maximum Gasteiger partial charge on any atom is 0.416 e. The number of ketones is 1. The minimum Gasteiger partial charge on any atom is -0.496 e. The average molecular weight is 628 g/mol. The molecule has 1 saturated heterocycles. The molecule has 5 rings (SSSR count). The standard InChI is InChI=1S/C32H32F7NO4/c1-16-28(18-9-20(31(34,35)36)11-21(10-18)32(37,38)39)44-29(42)40(16)15-19-14-30(2,3)8-7-22(19)23-12-24(27(41)17-5-6-17)25(33)13-26(23)43-4/h9-13,16-17,28H,5-8,14-15H2,1-4H3/t16-,28-/m0/s1. The first kappa shape index (κ1) is 31.8. The topological polar surface area (TPSA) is 55.8 Å². The number of hydrogen-bond donors (Lipinski definition) is 0. The number of alkyl halides is 6. The highest BCUT2D eigenvalue weighted by Crippen LogP contribution is 2.47. The number of nitrogens with zero attached hydrogens (tertiary/aromatic N) is 1. The van der Waals surface area contributed by atoms with Gasteiger partial charge in [-0.25, -0.2) is 9.18 Å². The largest absolute Gasteiger partial charge is 0.496 e. The van der Waals surface area contributed by atoms with Gasteiger partial charge < -0.3 is 9.47 Å². The molecule has 0 spiro atoms. The summed E-state index contributed by atoms with van der Waals surface area (Å²) in [5.41, 5.74) is -1.67. The number of Topliss-reactive ketones (excluding diaryl/α,β-unsaturated/α-hetero) is 1. The van der Waals surface area contributed by atoms with Crippen LogP contribution in [0.1, 0.15) is 91.6 Å². The summed E-state index contributed by atoms with van der Waals surface area (Å²) in [6.45, 7) is 5.53. The number of allylic oxidation sites excluding steroid dienone is 1. The Hall–Kier alpha value is -3.57. The minimum atomic E-state index is -5.05. The number of rotatable bonds is 7. The van der Waals surface area contributed by atoms with Gasteiger partial charge in [0.25, 0.3) is 0 Å². The van der Waals surface area contributed by atoms with Crippen LogP contribution in [0.25, 0.3) is 5.57 Å². The summed E-state index contributed by atoms with van der Waals surface area (Å²) in [5.74, 6) is -1.00. The zero-order valence-electron chi connectivity index (χ0n) is 24.6. The Morgan fingerprint density at radius 3 is 2.18 bits per heavy atom. The summed E-state index contributed by atoms with van der Waals surface area (Å²) in [6.07, 6.45) is -9.30. The van der Waals surface area contributed by atoms with Crippen LogP contribution in [0.4, 0.5) is 35.5 Å². The van der Waals surface area contributed by atoms with Crippen molar-refractivity contribution in [1.29, 1.82) is 0 Å². The van der Waals surface area contributed by atoms with Crippen molar-refractivity contribution < 1.29 is 49.8 Å². The predicted octanol–water partition coefficient (Wildman–Crippen LogP) is 9.01. The quantitative estimate of drug-likeness (QED) is 0.227. The van der Waals surface area contributed by atoms with Crippen LogP contribution in [0.3, 0.4) is 0 Å². The molecular formula is C32H32F7NO4. The molecule has 0 unspecified atom stereocenters. The first-order chi connectivity index (χ1) is 20.4. The third-order valence-electron chi connectivity index (χ3n) is 8.69. The summed E-state index contributed by atoms with van der Waals surface area (Å²) in [5, 5.41) is 0. The van der Waals surface area contributed by atoms with Gasteiger partial charge in [0.15, 0.2) is 5.78 Å². The molecule has 2 atom stereocenters. The molecule has 238 valence electrons. The summed E-state index contributed by atoms with van der Waals surface area (Å²) in [7, 11) is 1.38. The van der Waals surface area contributed by atoms with Crippen molar-refractivity contribution in [2.24, 2.45) is 11.3 Å². The molecule has 12 heteroatoms. The first-order valence-corrected chi connectivity index (χ1v) is 14.3. The third-order valence-corrected chi connectivity index (χ3v) is 8.69. The lowest BCUT2D eigenvalue weighted by Gasteiger charge is -2.36. The molecule has 2 aliphatic carbocycles. The molecule has 1 heterocycles. The summed E-state index contributed by atoms with van der Waals surface area (Å²) >= 11 is 0. The van der Waals surface area contributed by atoms with Crippen molar-refractivity contribution in [3.8, 4) is 5.75 Å². The van der Waals surface area contributed by atoms with E-state index in [1.165, 1.54) is 31.1 Å². The summed E-state index contributed by atoms with van der Waals surface area (Å²) < 4.78 is 107. The van der Waals surface area contributed by atoms with Crippen LogP contribution in [0.15, 0.2) is 35.9 Å². The van der Waals surface area contributed by atoms with Gasteiger partial charge in [0.1, 0.15) is 17.7 Å². The van der Waals surface area contributed by atoms with Crippen LogP contribution in [-0.2, 0) is 17.1 Å². The normalized spacial score (nSPS) is 22.3. The van der Waals surface area contributed by atoms with Crippen molar-refractivity contribution in [3.05, 3.63) is 69.5 Å². The van der Waals surface area contributed by atoms with Crippen molar-refractivity contribution in [3.63, 3.8) is 0 Å². The number of cyclic esters (lactones) is 1. The lowest BCUT2D eigenvalue weighted by molar-refractivity contribution is -0.143. The van der Waals surface area contributed by atoms with Gasteiger partial charge in [0.2, 0.25) is 0 Å². The van der Waals surface area contributed by atoms with Gasteiger partial charge in [-0.15, -0.1) is 0 Å². The van der Waals surface area contributed by atoms with E-state index in [1.807, 2.05) is 13.8 Å². The van der Waals surface area contributed by atoms with E-state index in [-0.39, 0.29) is 41.0 Å². The van der Waals surface area contributed by atoms with Gasteiger partial charge in [-0.05, 0) is 85.4 Å². The van der Waals surface area contributed by atoms with Crippen molar-refractivity contribution in [2.45, 2.75) is 77.4 Å². The summed E-state index contributed by atoms with van der Waals surface area (Å²) in [4.78, 5) is 27.2. The van der Waals surface area contributed by atoms with Crippen LogP contribution in [0, 0.1) is 17.2 Å². The third kappa shape index (κ3) is 6.30. The Morgan fingerprint density at radius 1 is 1.02 bits per heavy atom. The van der Waals surface area contributed by atoms with Crippen LogP contribution >= 0.6 is 0 Å². The van der Waals surface area contributed by atoms with Crippen LogP contribution in [0.5, 0.6) is 5.75 Å². The SMILES string of the molecule is COc1cc(F)c(C(=O)C2CC2)cc1C1=C(CN2C(=O)O[C@H](c3cc(C(F)(F)F)cc(C(F)(F)F)c3)[C@@H]2C)CC(C)(C)CC1. The molecule has 5 nitrogen and oxygen atoms in total. The van der Waals surface area contributed by atoms with Crippen LogP contribution < -0.4 is 4.74 Å². The Morgan fingerprint density at radius 2 is 1.64 bits per heavy atom. The molecule has 0 bridgehead atoms. The average Bonchev–Trinajstić information content (AvgIpc) is 3.74. The van der Waals surface area contributed by atoms with Gasteiger partial charge in [-0.1, -0.05) is 13.8 Å². The Bertz CT molecular complexity index is 1490. The molecule has 2 fully saturated rings. The van der Waals surface area contributed by atoms with Gasteiger partial charge >= 0.3 is 18.4 Å². The lowest BCUT2D eigenvalue weighted by Crippen LogP contribution is -2.35. The Kier molecular flexibility index (Phi) is 8.03. The second-order valence-corrected chi connectivity index (χ2v) is 12.6. The van der Waals surface area contributed by atoms with Gasteiger partial charge in [-0.2, -0.15) is 26.3 Å². The maximum atomic E-state index is 15.0. The van der Waals surface area contributed by atoms with Crippen LogP contribution in [-0.4, -0.2) is 36.5 Å². The van der Waals surface area contributed by atoms with E-state index in [9.17, 15) is 40.3 Å². The number of hydrogen-bond acceptors (Lipinski definition) is 4. The molecule has 1 saturated carbocycles. The van der Waals surface area contributed by atoms with Gasteiger partial charge in [-0.3, -0.25) is 9.69 Å². The number of amides is 1. The zero-order chi connectivity index (χ0) is 32.4. The molecular weight excluding hydrogens is 595 g/mol. The van der Waals surface area contributed by atoms with E-state index in [4.69, 9.17) is 9.47 Å². The molecule has 2 aromatic carbocycles. The fourth-order valence-electron chi connectivity index (χ4n) is 6.11. The molecule has 1 aliphatic heterocycles. The Labute approximate surface area is 250 Å². The second kappa shape index (κ2) is 11.1. The molecule has 0 aromatic heterocycles. The van der Waals surface area contributed by atoms with Crippen molar-refractivity contribution in [2.75, 3.05) is 13.7 Å². The molecule has 0 N–H and O–H groups in total. The first-order valence-electron chi connectivity index (χ1n) is 14.3. The molecule has 2 aromatic rings. The summed E-state index contributed by atoms with van der Waals surface area (Å²) in [6, 6.07) is 2.91. The van der Waals surface area contributed by atoms with Crippen molar-refractivity contribution in [1.82, 2.24) is 4.90 Å². The molecule has 3 aliphatic rings. The molecule has 1 amide bonds. The van der Waals surface area contributed by atoms with Crippen LogP contribution in [0.2, 0.25) is 0 Å². The smallest absolute Gasteiger partial charge is 0.416 e. The number of halogens is 7. The highest BCUT2D eigenvalue weighted by Gasteiger charge is 2.44. The zero-order valence-corrected chi connectivity index (χ0v) is 24.6. The van der Waals surface area contributed by atoms with E-state index in [0.717, 1.165) is 17.6 Å². The Balaban J connectivity index is 1.54. The number of carbonyl (C=O) groups excluding carboxylic acids is 2. The fraction of sp³-hybridized carbons (Fsp3) is 0.500. The predicted molar refractivity (Wildman–Crippen MR) is 146 cm³/mol. The van der Waals surface area contributed by atoms with Gasteiger partial charge in [0.05, 0.1) is 29.8 Å². The number of carbonyl (C=O) groups is 2. The van der Waals surface area contributed by atoms with E-state index in [1.54, 1.807) is 0 Å². The van der Waals surface area contributed by atoms with E-state index in [2.05, 4.69) is 0 Å². The monoisotopic (exact) mass is 627 g/mol. The number of benzene rings is 2. The van der Waals surface area contributed by atoms with E-state index < -0.39 is 53.1 Å². The molecule has 44 heavy (non-hydrogen) atoms. The van der Waals surface area contributed by atoms with E-state index >= 15 is 0 Å². The number of methoxy groups -OCH3 is 1. The highest BCUT2D eigenvalue weighted by molar-refractivity contribution is 6.00. The van der Waals surface area contributed by atoms with Gasteiger partial charge in [0, 0.05) is 24.1 Å². The minimum absolute atomic E-state index is 0.0300. The molecule has 0 radical (unpaired) electrons. The number of ether oxygens (including phenoxy) is 2.